The van der Waals surface area contributed by atoms with Crippen molar-refractivity contribution >= 4 is 26.0 Å². The van der Waals surface area contributed by atoms with Gasteiger partial charge in [0.25, 0.3) is 0 Å². The fourth-order valence-electron chi connectivity index (χ4n) is 1.72. The largest absolute Gasteiger partial charge is 0.488 e. The highest BCUT2D eigenvalue weighted by molar-refractivity contribution is 6.69. The molecule has 0 amide bonds. The first kappa shape index (κ1) is 14.4. The van der Waals surface area contributed by atoms with Crippen LogP contribution >= 0.6 is 11.6 Å². The van der Waals surface area contributed by atoms with E-state index in [1.165, 1.54) is 5.56 Å². The van der Waals surface area contributed by atoms with Crippen LogP contribution in [0, 0.1) is 0 Å². The van der Waals surface area contributed by atoms with E-state index in [0.29, 0.717) is 13.2 Å². The van der Waals surface area contributed by atoms with Gasteiger partial charge in [0.1, 0.15) is 12.4 Å². The van der Waals surface area contributed by atoms with E-state index < -0.39 is 8.32 Å². The number of hydrogen-bond donors (Lipinski definition) is 0. The molecule has 1 aromatic carbocycles. The Labute approximate surface area is 120 Å². The number of benzene rings is 1. The molecule has 0 atom stereocenters. The molecule has 2 rings (SSSR count). The van der Waals surface area contributed by atoms with Crippen LogP contribution in [0.2, 0.25) is 19.6 Å². The maximum Gasteiger partial charge on any atom is 0.184 e. The summed E-state index contributed by atoms with van der Waals surface area (Å²) in [7, 11) is -1.48. The lowest BCUT2D eigenvalue weighted by Gasteiger charge is -2.17. The fourth-order valence-corrected chi connectivity index (χ4v) is 2.46. The van der Waals surface area contributed by atoms with Crippen LogP contribution in [0.25, 0.3) is 6.08 Å². The van der Waals surface area contributed by atoms with Gasteiger partial charge in [-0.15, -0.1) is 0 Å². The maximum atomic E-state index is 5.92. The standard InChI is InChI=1S/C15H19ClO2Si/c1-19(2,3)18-11-12-5-7-15-14(8-12)6-4-13(9-16)10-17-15/h4-9H,10-11H2,1-3H3/b13-9+. The predicted octanol–water partition coefficient (Wildman–Crippen LogP) is 4.57. The predicted molar refractivity (Wildman–Crippen MR) is 83.0 cm³/mol. The van der Waals surface area contributed by atoms with Crippen LogP contribution in [0.3, 0.4) is 0 Å². The Bertz CT molecular complexity index is 515. The Kier molecular flexibility index (Phi) is 4.50. The van der Waals surface area contributed by atoms with Crippen LogP contribution in [0.5, 0.6) is 5.75 Å². The minimum atomic E-state index is -1.48. The molecule has 1 aromatic rings. The highest BCUT2D eigenvalue weighted by atomic mass is 35.5. The van der Waals surface area contributed by atoms with Crippen LogP contribution in [-0.4, -0.2) is 14.9 Å². The number of rotatable bonds is 3. The van der Waals surface area contributed by atoms with E-state index in [1.54, 1.807) is 5.54 Å². The summed E-state index contributed by atoms with van der Waals surface area (Å²) < 4.78 is 11.6. The van der Waals surface area contributed by atoms with E-state index >= 15 is 0 Å². The molecule has 0 N–H and O–H groups in total. The highest BCUT2D eigenvalue weighted by Gasteiger charge is 2.14. The second-order valence-corrected chi connectivity index (χ2v) is 10.3. The van der Waals surface area contributed by atoms with Crippen LogP contribution < -0.4 is 4.74 Å². The van der Waals surface area contributed by atoms with Crippen molar-refractivity contribution in [2.75, 3.05) is 6.61 Å². The summed E-state index contributed by atoms with van der Waals surface area (Å²) in [6.07, 6.45) is 4.02. The molecule has 102 valence electrons. The molecule has 4 heteroatoms. The number of halogens is 1. The van der Waals surface area contributed by atoms with E-state index in [1.807, 2.05) is 18.2 Å². The second kappa shape index (κ2) is 5.95. The summed E-state index contributed by atoms with van der Waals surface area (Å²) in [4.78, 5) is 0. The molecule has 0 aliphatic carbocycles. The van der Waals surface area contributed by atoms with Gasteiger partial charge >= 0.3 is 0 Å². The summed E-state index contributed by atoms with van der Waals surface area (Å²) in [6.45, 7) is 7.75. The first-order valence-electron chi connectivity index (χ1n) is 6.35. The SMILES string of the molecule is C[Si](C)(C)OCc1ccc2c(c1)C=C/C(=C\Cl)CO2. The molecule has 0 spiro atoms. The van der Waals surface area contributed by atoms with Crippen LogP contribution in [-0.2, 0) is 11.0 Å². The summed E-state index contributed by atoms with van der Waals surface area (Å²) in [5.74, 6) is 0.890. The van der Waals surface area contributed by atoms with E-state index in [9.17, 15) is 0 Å². The van der Waals surface area contributed by atoms with Gasteiger partial charge in [-0.25, -0.2) is 0 Å². The molecule has 19 heavy (non-hydrogen) atoms. The second-order valence-electron chi connectivity index (χ2n) is 5.58. The van der Waals surface area contributed by atoms with Crippen LogP contribution in [0.1, 0.15) is 11.1 Å². The van der Waals surface area contributed by atoms with Crippen LogP contribution in [0.4, 0.5) is 0 Å². The zero-order valence-electron chi connectivity index (χ0n) is 11.6. The van der Waals surface area contributed by atoms with Gasteiger partial charge in [-0.2, -0.15) is 0 Å². The average molecular weight is 295 g/mol. The monoisotopic (exact) mass is 294 g/mol. The topological polar surface area (TPSA) is 18.5 Å². The minimum Gasteiger partial charge on any atom is -0.488 e. The molecule has 0 radical (unpaired) electrons. The zero-order valence-corrected chi connectivity index (χ0v) is 13.3. The molecule has 0 fully saturated rings. The van der Waals surface area contributed by atoms with Gasteiger partial charge in [-0.3, -0.25) is 0 Å². The Morgan fingerprint density at radius 2 is 2.11 bits per heavy atom. The number of hydrogen-bond acceptors (Lipinski definition) is 2. The minimum absolute atomic E-state index is 0.512. The molecule has 0 unspecified atom stereocenters. The third-order valence-corrected chi connectivity index (χ3v) is 4.05. The van der Waals surface area contributed by atoms with Gasteiger partial charge in [0.15, 0.2) is 8.32 Å². The summed E-state index contributed by atoms with van der Waals surface area (Å²) in [5.41, 5.74) is 4.77. The maximum absolute atomic E-state index is 5.92. The Balaban J connectivity index is 2.17. The lowest BCUT2D eigenvalue weighted by molar-refractivity contribution is 0.299. The van der Waals surface area contributed by atoms with E-state index in [-0.39, 0.29) is 0 Å². The third kappa shape index (κ3) is 4.23. The Hall–Kier alpha value is -1.03. The molecule has 0 bridgehead atoms. The van der Waals surface area contributed by atoms with E-state index in [2.05, 4.69) is 31.8 Å². The summed E-state index contributed by atoms with van der Waals surface area (Å²) >= 11 is 5.72. The van der Waals surface area contributed by atoms with Gasteiger partial charge in [0.05, 0.1) is 6.61 Å². The molecule has 1 heterocycles. The van der Waals surface area contributed by atoms with Gasteiger partial charge in [-0.1, -0.05) is 29.8 Å². The van der Waals surface area contributed by atoms with Crippen LogP contribution in [0.15, 0.2) is 35.4 Å². The lowest BCUT2D eigenvalue weighted by Crippen LogP contribution is -2.24. The molecular formula is C15H19ClO2Si. The molecule has 0 saturated carbocycles. The number of ether oxygens (including phenoxy) is 1. The van der Waals surface area contributed by atoms with Crippen molar-refractivity contribution in [3.8, 4) is 5.75 Å². The van der Waals surface area contributed by atoms with Gasteiger partial charge in [0.2, 0.25) is 0 Å². The van der Waals surface area contributed by atoms with Crippen molar-refractivity contribution in [3.63, 3.8) is 0 Å². The van der Waals surface area contributed by atoms with Crippen molar-refractivity contribution in [1.29, 1.82) is 0 Å². The highest BCUT2D eigenvalue weighted by Crippen LogP contribution is 2.26. The smallest absolute Gasteiger partial charge is 0.184 e. The van der Waals surface area contributed by atoms with Gasteiger partial charge < -0.3 is 9.16 Å². The first-order valence-corrected chi connectivity index (χ1v) is 10.2. The van der Waals surface area contributed by atoms with Crippen molar-refractivity contribution in [2.45, 2.75) is 26.2 Å². The van der Waals surface area contributed by atoms with Gasteiger partial charge in [0, 0.05) is 16.7 Å². The Morgan fingerprint density at radius 3 is 2.79 bits per heavy atom. The van der Waals surface area contributed by atoms with E-state index in [4.69, 9.17) is 20.8 Å². The van der Waals surface area contributed by atoms with Crippen molar-refractivity contribution in [3.05, 3.63) is 46.5 Å². The summed E-state index contributed by atoms with van der Waals surface area (Å²) in [5, 5.41) is 0. The zero-order chi connectivity index (χ0) is 13.9. The third-order valence-electron chi connectivity index (χ3n) is 2.76. The quantitative estimate of drug-likeness (QED) is 0.761. The normalized spacial score (nSPS) is 16.9. The van der Waals surface area contributed by atoms with Crippen molar-refractivity contribution < 1.29 is 9.16 Å². The first-order chi connectivity index (χ1) is 8.98. The average Bonchev–Trinajstić information content (AvgIpc) is 2.57. The molecule has 0 aromatic heterocycles. The lowest BCUT2D eigenvalue weighted by atomic mass is 10.1. The summed E-state index contributed by atoms with van der Waals surface area (Å²) in [6, 6.07) is 6.17. The van der Waals surface area contributed by atoms with E-state index in [0.717, 1.165) is 16.9 Å². The van der Waals surface area contributed by atoms with Crippen molar-refractivity contribution in [2.24, 2.45) is 0 Å². The number of fused-ring (bicyclic) bond motifs is 1. The van der Waals surface area contributed by atoms with Gasteiger partial charge in [-0.05, 0) is 37.3 Å². The van der Waals surface area contributed by atoms with Crippen molar-refractivity contribution in [1.82, 2.24) is 0 Å². The molecular weight excluding hydrogens is 276 g/mol. The molecule has 1 aliphatic rings. The molecule has 1 aliphatic heterocycles. The Morgan fingerprint density at radius 1 is 1.32 bits per heavy atom. The molecule has 2 nitrogen and oxygen atoms in total. The fraction of sp³-hybridized carbons (Fsp3) is 0.333. The molecule has 0 saturated heterocycles.